The molecule has 0 aliphatic heterocycles. The molecule has 114 valence electrons. The lowest BCUT2D eigenvalue weighted by atomic mass is 9.89. The molecule has 2 nitrogen and oxygen atoms in total. The second-order valence-electron chi connectivity index (χ2n) is 4.88. The maximum absolute atomic E-state index is 13.1. The molecule has 0 heterocycles. The van der Waals surface area contributed by atoms with Gasteiger partial charge in [-0.2, -0.15) is 13.2 Å². The molecular formula is C15H22F3NO. The van der Waals surface area contributed by atoms with Gasteiger partial charge in [0.25, 0.3) is 0 Å². The monoisotopic (exact) mass is 289 g/mol. The van der Waals surface area contributed by atoms with Gasteiger partial charge in [-0.1, -0.05) is 32.0 Å². The van der Waals surface area contributed by atoms with Crippen LogP contribution in [0, 0.1) is 5.92 Å². The van der Waals surface area contributed by atoms with Crippen LogP contribution in [-0.4, -0.2) is 20.3 Å². The highest BCUT2D eigenvalue weighted by atomic mass is 19.4. The number of nitrogens with one attached hydrogen (secondary N) is 1. The first kappa shape index (κ1) is 17.0. The molecule has 0 saturated heterocycles. The van der Waals surface area contributed by atoms with Crippen LogP contribution in [0.2, 0.25) is 0 Å². The highest BCUT2D eigenvalue weighted by Gasteiger charge is 2.35. The van der Waals surface area contributed by atoms with E-state index >= 15 is 0 Å². The number of ether oxygens (including phenoxy) is 1. The molecule has 1 aromatic rings. The van der Waals surface area contributed by atoms with Crippen LogP contribution < -0.4 is 5.32 Å². The molecule has 0 aliphatic carbocycles. The lowest BCUT2D eigenvalue weighted by Gasteiger charge is -2.27. The van der Waals surface area contributed by atoms with Crippen LogP contribution in [0.4, 0.5) is 13.2 Å². The zero-order valence-electron chi connectivity index (χ0n) is 12.1. The van der Waals surface area contributed by atoms with Crippen LogP contribution in [0.25, 0.3) is 0 Å². The van der Waals surface area contributed by atoms with Crippen molar-refractivity contribution in [1.82, 2.24) is 5.32 Å². The summed E-state index contributed by atoms with van der Waals surface area (Å²) in [6.45, 7) is 5.00. The Labute approximate surface area is 118 Å². The van der Waals surface area contributed by atoms with Gasteiger partial charge in [-0.15, -0.1) is 0 Å². The fourth-order valence-electron chi connectivity index (χ4n) is 2.33. The van der Waals surface area contributed by atoms with Gasteiger partial charge in [0.15, 0.2) is 0 Å². The molecular weight excluding hydrogens is 267 g/mol. The zero-order chi connectivity index (χ0) is 15.2. The first-order valence-electron chi connectivity index (χ1n) is 6.80. The van der Waals surface area contributed by atoms with Crippen LogP contribution in [0.1, 0.15) is 37.4 Å². The number of hydrogen-bond acceptors (Lipinski definition) is 2. The fourth-order valence-corrected chi connectivity index (χ4v) is 2.33. The average Bonchev–Trinajstić information content (AvgIpc) is 2.41. The minimum absolute atomic E-state index is 0.0541. The van der Waals surface area contributed by atoms with Crippen LogP contribution >= 0.6 is 0 Å². The van der Waals surface area contributed by atoms with E-state index in [4.69, 9.17) is 4.74 Å². The Morgan fingerprint density at radius 1 is 1.25 bits per heavy atom. The van der Waals surface area contributed by atoms with Crippen molar-refractivity contribution in [3.8, 4) is 0 Å². The summed E-state index contributed by atoms with van der Waals surface area (Å²) in [6.07, 6.45) is -3.62. The van der Waals surface area contributed by atoms with Gasteiger partial charge in [0.05, 0.1) is 5.56 Å². The van der Waals surface area contributed by atoms with E-state index in [2.05, 4.69) is 5.32 Å². The van der Waals surface area contributed by atoms with Crippen LogP contribution in [0.15, 0.2) is 24.3 Å². The molecule has 0 amide bonds. The minimum Gasteiger partial charge on any atom is -0.385 e. The van der Waals surface area contributed by atoms with Crippen molar-refractivity contribution in [2.24, 2.45) is 5.92 Å². The molecule has 0 spiro atoms. The van der Waals surface area contributed by atoms with Crippen molar-refractivity contribution in [1.29, 1.82) is 0 Å². The van der Waals surface area contributed by atoms with E-state index in [0.717, 1.165) is 6.07 Å². The smallest absolute Gasteiger partial charge is 0.385 e. The number of hydrogen-bond donors (Lipinski definition) is 1. The summed E-state index contributed by atoms with van der Waals surface area (Å²) in [6, 6.07) is 5.45. The maximum Gasteiger partial charge on any atom is 0.416 e. The van der Waals surface area contributed by atoms with Gasteiger partial charge in [0, 0.05) is 19.8 Å². The van der Waals surface area contributed by atoms with Crippen molar-refractivity contribution in [2.75, 3.05) is 20.3 Å². The number of rotatable bonds is 7. The van der Waals surface area contributed by atoms with Crippen LogP contribution in [0.5, 0.6) is 0 Å². The number of halogens is 3. The molecule has 1 aromatic carbocycles. The normalized spacial score (nSPS) is 15.1. The number of benzene rings is 1. The second-order valence-corrected chi connectivity index (χ2v) is 4.88. The molecule has 0 saturated carbocycles. The van der Waals surface area contributed by atoms with Crippen molar-refractivity contribution < 1.29 is 17.9 Å². The molecule has 0 radical (unpaired) electrons. The summed E-state index contributed by atoms with van der Waals surface area (Å²) < 4.78 is 44.4. The Bertz CT molecular complexity index is 406. The van der Waals surface area contributed by atoms with Gasteiger partial charge in [-0.3, -0.25) is 0 Å². The first-order chi connectivity index (χ1) is 9.41. The molecule has 0 aliphatic rings. The van der Waals surface area contributed by atoms with Gasteiger partial charge in [-0.25, -0.2) is 0 Å². The fraction of sp³-hybridized carbons (Fsp3) is 0.600. The Morgan fingerprint density at radius 2 is 1.90 bits per heavy atom. The third kappa shape index (κ3) is 4.49. The Morgan fingerprint density at radius 3 is 2.45 bits per heavy atom. The van der Waals surface area contributed by atoms with E-state index in [1.807, 2.05) is 13.8 Å². The SMILES string of the molecule is CCNC(c1ccccc1C(F)(F)F)C(C)CCOC. The number of methoxy groups -OCH3 is 1. The van der Waals surface area contributed by atoms with Gasteiger partial charge in [0.1, 0.15) is 0 Å². The summed E-state index contributed by atoms with van der Waals surface area (Å²) in [7, 11) is 1.60. The molecule has 2 atom stereocenters. The quantitative estimate of drug-likeness (QED) is 0.818. The average molecular weight is 289 g/mol. The minimum atomic E-state index is -4.33. The van der Waals surface area contributed by atoms with Crippen LogP contribution in [0.3, 0.4) is 0 Å². The van der Waals surface area contributed by atoms with Gasteiger partial charge >= 0.3 is 6.18 Å². The summed E-state index contributed by atoms with van der Waals surface area (Å²) in [5.74, 6) is 0.0541. The van der Waals surface area contributed by atoms with E-state index in [9.17, 15) is 13.2 Å². The lowest BCUT2D eigenvalue weighted by Crippen LogP contribution is -2.29. The largest absolute Gasteiger partial charge is 0.416 e. The molecule has 5 heteroatoms. The van der Waals surface area contributed by atoms with Gasteiger partial charge < -0.3 is 10.1 Å². The number of alkyl halides is 3. The summed E-state index contributed by atoms with van der Waals surface area (Å²) in [5.41, 5.74) is -0.249. The van der Waals surface area contributed by atoms with E-state index in [-0.39, 0.29) is 12.0 Å². The van der Waals surface area contributed by atoms with Crippen molar-refractivity contribution in [2.45, 2.75) is 32.5 Å². The molecule has 2 unspecified atom stereocenters. The van der Waals surface area contributed by atoms with Gasteiger partial charge in [0.2, 0.25) is 0 Å². The van der Waals surface area contributed by atoms with E-state index in [1.165, 1.54) is 6.07 Å². The summed E-state index contributed by atoms with van der Waals surface area (Å²) in [5, 5.41) is 3.16. The van der Waals surface area contributed by atoms with E-state index in [0.29, 0.717) is 25.1 Å². The first-order valence-corrected chi connectivity index (χ1v) is 6.80. The zero-order valence-corrected chi connectivity index (χ0v) is 12.1. The lowest BCUT2D eigenvalue weighted by molar-refractivity contribution is -0.138. The van der Waals surface area contributed by atoms with Crippen molar-refractivity contribution in [3.05, 3.63) is 35.4 Å². The highest BCUT2D eigenvalue weighted by Crippen LogP contribution is 2.37. The molecule has 20 heavy (non-hydrogen) atoms. The van der Waals surface area contributed by atoms with E-state index < -0.39 is 11.7 Å². The van der Waals surface area contributed by atoms with Gasteiger partial charge in [-0.05, 0) is 30.5 Å². The van der Waals surface area contributed by atoms with E-state index in [1.54, 1.807) is 19.2 Å². The predicted molar refractivity (Wildman–Crippen MR) is 73.5 cm³/mol. The third-order valence-electron chi connectivity index (χ3n) is 3.37. The van der Waals surface area contributed by atoms with Crippen molar-refractivity contribution >= 4 is 0 Å². The summed E-state index contributed by atoms with van der Waals surface area (Å²) in [4.78, 5) is 0. The third-order valence-corrected chi connectivity index (χ3v) is 3.37. The standard InChI is InChI=1S/C15H22F3NO/c1-4-19-14(11(2)9-10-20-3)12-7-5-6-8-13(12)15(16,17)18/h5-8,11,14,19H,4,9-10H2,1-3H3. The second kappa shape index (κ2) is 7.64. The van der Waals surface area contributed by atoms with Crippen molar-refractivity contribution in [3.63, 3.8) is 0 Å². The maximum atomic E-state index is 13.1. The molecule has 1 rings (SSSR count). The molecule has 0 aromatic heterocycles. The Hall–Kier alpha value is -1.07. The molecule has 0 bridgehead atoms. The summed E-state index contributed by atoms with van der Waals surface area (Å²) >= 11 is 0. The van der Waals surface area contributed by atoms with Crippen LogP contribution in [-0.2, 0) is 10.9 Å². The Balaban J connectivity index is 3.08. The highest BCUT2D eigenvalue weighted by molar-refractivity contribution is 5.32. The predicted octanol–water partition coefficient (Wildman–Crippen LogP) is 4.03. The molecule has 1 N–H and O–H groups in total. The topological polar surface area (TPSA) is 21.3 Å². The Kier molecular flexibility index (Phi) is 6.49. The molecule has 0 fully saturated rings.